The Bertz CT molecular complexity index is 428. The van der Waals surface area contributed by atoms with E-state index < -0.39 is 9.84 Å². The van der Waals surface area contributed by atoms with Gasteiger partial charge in [0.25, 0.3) is 0 Å². The second-order valence-electron chi connectivity index (χ2n) is 6.12. The molecule has 1 unspecified atom stereocenters. The number of carbonyl (C=O) groups excluding carboxylic acids is 1. The molecular weight excluding hydrogens is 276 g/mol. The van der Waals surface area contributed by atoms with Crippen LogP contribution in [0.4, 0.5) is 0 Å². The van der Waals surface area contributed by atoms with Gasteiger partial charge in [0.2, 0.25) is 5.91 Å². The Kier molecular flexibility index (Phi) is 5.43. The second kappa shape index (κ2) is 6.89. The fourth-order valence-electron chi connectivity index (χ4n) is 3.38. The summed E-state index contributed by atoms with van der Waals surface area (Å²) in [5, 5.41) is 2.86. The summed E-state index contributed by atoms with van der Waals surface area (Å²) in [5.41, 5.74) is 0. The molecule has 2 aliphatic rings. The summed E-state index contributed by atoms with van der Waals surface area (Å²) >= 11 is 0. The number of rotatable bonds is 5. The van der Waals surface area contributed by atoms with E-state index in [0.29, 0.717) is 19.0 Å². The number of nitrogens with zero attached hydrogens (tertiary/aromatic N) is 1. The number of nitrogens with one attached hydrogen (secondary N) is 1. The summed E-state index contributed by atoms with van der Waals surface area (Å²) in [6.45, 7) is 2.29. The van der Waals surface area contributed by atoms with Crippen molar-refractivity contribution in [2.45, 2.75) is 43.8 Å². The van der Waals surface area contributed by atoms with Gasteiger partial charge in [-0.25, -0.2) is 8.42 Å². The standard InChI is InChI=1S/C14H26N2O3S/c1-15-9-12-5-4-8-16(10-12)14(17)11-20(18,19)13-6-2-3-7-13/h12-13,15H,2-11H2,1H3. The molecule has 1 saturated heterocycles. The molecule has 1 atom stereocenters. The molecule has 1 heterocycles. The van der Waals surface area contributed by atoms with Gasteiger partial charge in [-0.15, -0.1) is 0 Å². The van der Waals surface area contributed by atoms with E-state index in [1.54, 1.807) is 4.90 Å². The lowest BCUT2D eigenvalue weighted by molar-refractivity contribution is -0.130. The predicted octanol–water partition coefficient (Wildman–Crippen LogP) is 0.802. The summed E-state index contributed by atoms with van der Waals surface area (Å²) < 4.78 is 24.5. The Labute approximate surface area is 122 Å². The maximum atomic E-state index is 12.2. The van der Waals surface area contributed by atoms with Crippen molar-refractivity contribution in [3.05, 3.63) is 0 Å². The van der Waals surface area contributed by atoms with E-state index in [1.807, 2.05) is 7.05 Å². The fourth-order valence-corrected chi connectivity index (χ4v) is 5.19. The highest BCUT2D eigenvalue weighted by atomic mass is 32.2. The van der Waals surface area contributed by atoms with Crippen LogP contribution < -0.4 is 5.32 Å². The van der Waals surface area contributed by atoms with Crippen LogP contribution in [-0.4, -0.2) is 56.9 Å². The normalized spacial score (nSPS) is 25.1. The number of hydrogen-bond acceptors (Lipinski definition) is 4. The summed E-state index contributed by atoms with van der Waals surface area (Å²) in [6, 6.07) is 0. The van der Waals surface area contributed by atoms with Crippen LogP contribution in [0.15, 0.2) is 0 Å². The molecule has 20 heavy (non-hydrogen) atoms. The van der Waals surface area contributed by atoms with E-state index >= 15 is 0 Å². The number of amides is 1. The van der Waals surface area contributed by atoms with Crippen LogP contribution in [0.25, 0.3) is 0 Å². The van der Waals surface area contributed by atoms with Crippen molar-refractivity contribution in [1.29, 1.82) is 0 Å². The Hall–Kier alpha value is -0.620. The third-order valence-corrected chi connectivity index (χ3v) is 6.64. The Morgan fingerprint density at radius 1 is 1.20 bits per heavy atom. The fraction of sp³-hybridized carbons (Fsp3) is 0.929. The lowest BCUT2D eigenvalue weighted by Crippen LogP contribution is -2.45. The molecule has 1 aliphatic carbocycles. The minimum absolute atomic E-state index is 0.197. The van der Waals surface area contributed by atoms with Gasteiger partial charge in [0.15, 0.2) is 9.84 Å². The number of likely N-dealkylation sites (tertiary alicyclic amines) is 1. The number of sulfone groups is 1. The number of hydrogen-bond donors (Lipinski definition) is 1. The van der Waals surface area contributed by atoms with Crippen LogP contribution in [0.5, 0.6) is 0 Å². The van der Waals surface area contributed by atoms with Gasteiger partial charge < -0.3 is 10.2 Å². The first-order valence-electron chi connectivity index (χ1n) is 7.67. The lowest BCUT2D eigenvalue weighted by atomic mass is 9.98. The van der Waals surface area contributed by atoms with Gasteiger partial charge in [0, 0.05) is 13.1 Å². The summed E-state index contributed by atoms with van der Waals surface area (Å²) in [5.74, 6) is -0.0335. The topological polar surface area (TPSA) is 66.5 Å². The molecule has 1 amide bonds. The van der Waals surface area contributed by atoms with Gasteiger partial charge in [0.05, 0.1) is 5.25 Å². The van der Waals surface area contributed by atoms with E-state index in [9.17, 15) is 13.2 Å². The number of piperidine rings is 1. The first-order valence-corrected chi connectivity index (χ1v) is 9.38. The molecule has 1 aliphatic heterocycles. The number of carbonyl (C=O) groups is 1. The Morgan fingerprint density at radius 2 is 1.90 bits per heavy atom. The van der Waals surface area contributed by atoms with Gasteiger partial charge in [-0.3, -0.25) is 4.79 Å². The molecule has 5 nitrogen and oxygen atoms in total. The predicted molar refractivity (Wildman–Crippen MR) is 79.3 cm³/mol. The minimum Gasteiger partial charge on any atom is -0.341 e. The first kappa shape index (κ1) is 15.8. The van der Waals surface area contributed by atoms with Gasteiger partial charge in [0.1, 0.15) is 5.75 Å². The molecule has 2 fully saturated rings. The van der Waals surface area contributed by atoms with Crippen LogP contribution in [0, 0.1) is 5.92 Å². The molecule has 0 spiro atoms. The molecule has 116 valence electrons. The highest BCUT2D eigenvalue weighted by Crippen LogP contribution is 2.25. The van der Waals surface area contributed by atoms with Gasteiger partial charge >= 0.3 is 0 Å². The molecule has 1 saturated carbocycles. The molecule has 1 N–H and O–H groups in total. The van der Waals surface area contributed by atoms with Crippen molar-refractivity contribution in [2.75, 3.05) is 32.4 Å². The summed E-state index contributed by atoms with van der Waals surface area (Å²) in [7, 11) is -1.34. The summed E-state index contributed by atoms with van der Waals surface area (Å²) in [4.78, 5) is 14.0. The minimum atomic E-state index is -3.25. The van der Waals surface area contributed by atoms with Crippen molar-refractivity contribution in [2.24, 2.45) is 5.92 Å². The third-order valence-electron chi connectivity index (χ3n) is 4.50. The third kappa shape index (κ3) is 3.95. The van der Waals surface area contributed by atoms with E-state index in [4.69, 9.17) is 0 Å². The van der Waals surface area contributed by atoms with Crippen LogP contribution >= 0.6 is 0 Å². The zero-order chi connectivity index (χ0) is 14.6. The largest absolute Gasteiger partial charge is 0.341 e. The highest BCUT2D eigenvalue weighted by molar-refractivity contribution is 7.92. The molecule has 0 radical (unpaired) electrons. The van der Waals surface area contributed by atoms with Crippen LogP contribution in [0.1, 0.15) is 38.5 Å². The van der Waals surface area contributed by atoms with Gasteiger partial charge in [-0.05, 0) is 45.2 Å². The van der Waals surface area contributed by atoms with Crippen LogP contribution in [0.3, 0.4) is 0 Å². The Balaban J connectivity index is 1.90. The molecule has 0 aromatic heterocycles. The molecule has 0 aromatic rings. The van der Waals surface area contributed by atoms with Crippen molar-refractivity contribution >= 4 is 15.7 Å². The molecule has 6 heteroatoms. The van der Waals surface area contributed by atoms with E-state index in [2.05, 4.69) is 5.32 Å². The Morgan fingerprint density at radius 3 is 2.55 bits per heavy atom. The summed E-state index contributed by atoms with van der Waals surface area (Å²) in [6.07, 6.45) is 5.51. The van der Waals surface area contributed by atoms with Crippen LogP contribution in [-0.2, 0) is 14.6 Å². The van der Waals surface area contributed by atoms with Crippen molar-refractivity contribution in [1.82, 2.24) is 10.2 Å². The smallest absolute Gasteiger partial charge is 0.237 e. The zero-order valence-electron chi connectivity index (χ0n) is 12.3. The quantitative estimate of drug-likeness (QED) is 0.816. The molecule has 0 bridgehead atoms. The first-order chi connectivity index (χ1) is 9.53. The SMILES string of the molecule is CNCC1CCCN(C(=O)CS(=O)(=O)C2CCCC2)C1. The highest BCUT2D eigenvalue weighted by Gasteiger charge is 2.33. The lowest BCUT2D eigenvalue weighted by Gasteiger charge is -2.33. The molecule has 0 aromatic carbocycles. The molecular formula is C14H26N2O3S. The van der Waals surface area contributed by atoms with E-state index in [0.717, 1.165) is 45.1 Å². The van der Waals surface area contributed by atoms with Crippen molar-refractivity contribution < 1.29 is 13.2 Å². The van der Waals surface area contributed by atoms with E-state index in [-0.39, 0.29) is 16.9 Å². The van der Waals surface area contributed by atoms with Crippen molar-refractivity contribution in [3.63, 3.8) is 0 Å². The van der Waals surface area contributed by atoms with Gasteiger partial charge in [-0.2, -0.15) is 0 Å². The van der Waals surface area contributed by atoms with Gasteiger partial charge in [-0.1, -0.05) is 12.8 Å². The van der Waals surface area contributed by atoms with Crippen LogP contribution in [0.2, 0.25) is 0 Å². The monoisotopic (exact) mass is 302 g/mol. The second-order valence-corrected chi connectivity index (χ2v) is 8.40. The maximum absolute atomic E-state index is 12.2. The molecule has 2 rings (SSSR count). The zero-order valence-corrected chi connectivity index (χ0v) is 13.1. The maximum Gasteiger partial charge on any atom is 0.237 e. The van der Waals surface area contributed by atoms with E-state index in [1.165, 1.54) is 0 Å². The van der Waals surface area contributed by atoms with Crippen molar-refractivity contribution in [3.8, 4) is 0 Å². The average Bonchev–Trinajstić information content (AvgIpc) is 2.93. The average molecular weight is 302 g/mol.